The van der Waals surface area contributed by atoms with E-state index in [1.807, 2.05) is 0 Å². The molecule has 0 aromatic carbocycles. The van der Waals surface area contributed by atoms with Crippen LogP contribution in [0.3, 0.4) is 0 Å². The Morgan fingerprint density at radius 2 is 1.92 bits per heavy atom. The van der Waals surface area contributed by atoms with Crippen molar-refractivity contribution in [1.29, 1.82) is 0 Å². The molecule has 1 heterocycles. The summed E-state index contributed by atoms with van der Waals surface area (Å²) in [6.07, 6.45) is 3.90. The van der Waals surface area contributed by atoms with Crippen molar-refractivity contribution in [2.45, 2.75) is 6.42 Å². The van der Waals surface area contributed by atoms with Gasteiger partial charge in [0.1, 0.15) is 6.29 Å². The zero-order valence-electron chi connectivity index (χ0n) is 6.71. The number of halogens is 2. The molecule has 1 aromatic heterocycles. The summed E-state index contributed by atoms with van der Waals surface area (Å²) in [4.78, 5) is 12.8. The molecule has 0 bridgehead atoms. The van der Waals surface area contributed by atoms with Crippen LogP contribution in [0.25, 0.3) is 6.08 Å². The second-order valence-corrected chi connectivity index (χ2v) is 2.35. The van der Waals surface area contributed by atoms with E-state index in [4.69, 9.17) is 0 Å². The molecule has 0 unspecified atom stereocenters. The van der Waals surface area contributed by atoms with Crippen LogP contribution in [0.15, 0.2) is 18.2 Å². The van der Waals surface area contributed by atoms with Crippen molar-refractivity contribution in [2.75, 3.05) is 0 Å². The Morgan fingerprint density at radius 1 is 1.31 bits per heavy atom. The summed E-state index contributed by atoms with van der Waals surface area (Å²) in [7, 11) is 0. The lowest BCUT2D eigenvalue weighted by Crippen LogP contribution is -1.88. The largest absolute Gasteiger partial charge is 0.303 e. The Hall–Kier alpha value is -1.58. The van der Waals surface area contributed by atoms with Gasteiger partial charge in [0.15, 0.2) is 0 Å². The fourth-order valence-electron chi connectivity index (χ4n) is 0.839. The van der Waals surface area contributed by atoms with Gasteiger partial charge >= 0.3 is 0 Å². The normalized spacial score (nSPS) is 10.6. The van der Waals surface area contributed by atoms with Gasteiger partial charge in [-0.3, -0.25) is 0 Å². The van der Waals surface area contributed by atoms with Crippen LogP contribution in [-0.4, -0.2) is 11.3 Å². The lowest BCUT2D eigenvalue weighted by atomic mass is 10.2. The topological polar surface area (TPSA) is 30.0 Å². The molecule has 0 aliphatic rings. The minimum Gasteiger partial charge on any atom is -0.303 e. The van der Waals surface area contributed by atoms with Crippen LogP contribution >= 0.6 is 0 Å². The second-order valence-electron chi connectivity index (χ2n) is 2.35. The van der Waals surface area contributed by atoms with Gasteiger partial charge in [0.2, 0.25) is 11.9 Å². The lowest BCUT2D eigenvalue weighted by Gasteiger charge is -1.93. The summed E-state index contributed by atoms with van der Waals surface area (Å²) in [6, 6.07) is 2.18. The van der Waals surface area contributed by atoms with Crippen molar-refractivity contribution >= 4 is 12.4 Å². The first-order chi connectivity index (χ1) is 6.22. The zero-order chi connectivity index (χ0) is 9.68. The van der Waals surface area contributed by atoms with E-state index >= 15 is 0 Å². The molecule has 0 saturated carbocycles. The predicted molar refractivity (Wildman–Crippen MR) is 43.9 cm³/mol. The van der Waals surface area contributed by atoms with E-state index in [2.05, 4.69) is 4.98 Å². The van der Waals surface area contributed by atoms with Crippen LogP contribution in [0.4, 0.5) is 8.78 Å². The Bertz CT molecular complexity index is 316. The summed E-state index contributed by atoms with van der Waals surface area (Å²) in [6.45, 7) is 0. The average molecular weight is 183 g/mol. The molecule has 0 saturated heterocycles. The summed E-state index contributed by atoms with van der Waals surface area (Å²) in [5.41, 5.74) is 0.354. The molecule has 68 valence electrons. The third kappa shape index (κ3) is 3.11. The first-order valence-corrected chi connectivity index (χ1v) is 3.65. The van der Waals surface area contributed by atoms with Gasteiger partial charge in [0.25, 0.3) is 0 Å². The van der Waals surface area contributed by atoms with Crippen molar-refractivity contribution in [2.24, 2.45) is 0 Å². The van der Waals surface area contributed by atoms with E-state index in [-0.39, 0.29) is 6.42 Å². The number of nitrogens with zero attached hydrogens (tertiary/aromatic N) is 1. The maximum atomic E-state index is 12.5. The summed E-state index contributed by atoms with van der Waals surface area (Å²) in [5.74, 6) is -1.74. The molecule has 1 aromatic rings. The van der Waals surface area contributed by atoms with Crippen molar-refractivity contribution in [3.05, 3.63) is 35.7 Å². The Labute approximate surface area is 73.9 Å². The SMILES string of the molecule is O=CCC=Cc1cc(F)nc(F)c1. The molecule has 0 aliphatic carbocycles. The van der Waals surface area contributed by atoms with Gasteiger partial charge in [-0.25, -0.2) is 0 Å². The summed E-state index contributed by atoms with van der Waals surface area (Å²) in [5, 5.41) is 0. The van der Waals surface area contributed by atoms with E-state index < -0.39 is 11.9 Å². The number of carbonyl (C=O) groups excluding carboxylic acids is 1. The molecule has 0 aliphatic heterocycles. The minimum atomic E-state index is -0.870. The molecule has 0 radical (unpaired) electrons. The van der Waals surface area contributed by atoms with Gasteiger partial charge in [0, 0.05) is 18.6 Å². The van der Waals surface area contributed by atoms with Crippen LogP contribution in [-0.2, 0) is 4.79 Å². The number of aromatic nitrogens is 1. The van der Waals surface area contributed by atoms with Crippen molar-refractivity contribution < 1.29 is 13.6 Å². The Kier molecular flexibility index (Phi) is 3.25. The first-order valence-electron chi connectivity index (χ1n) is 3.65. The molecule has 4 heteroatoms. The monoisotopic (exact) mass is 183 g/mol. The number of carbonyl (C=O) groups is 1. The highest BCUT2D eigenvalue weighted by molar-refractivity contribution is 5.57. The number of hydrogen-bond acceptors (Lipinski definition) is 2. The number of allylic oxidation sites excluding steroid dienone is 1. The number of rotatable bonds is 3. The first kappa shape index (κ1) is 9.51. The summed E-state index contributed by atoms with van der Waals surface area (Å²) >= 11 is 0. The molecule has 0 atom stereocenters. The molecule has 0 amide bonds. The quantitative estimate of drug-likeness (QED) is 0.529. The van der Waals surface area contributed by atoms with Gasteiger partial charge in [0.05, 0.1) is 0 Å². The van der Waals surface area contributed by atoms with E-state index in [0.717, 1.165) is 12.1 Å². The van der Waals surface area contributed by atoms with E-state index in [9.17, 15) is 13.6 Å². The molecule has 0 N–H and O–H groups in total. The molecule has 1 rings (SSSR count). The molecule has 13 heavy (non-hydrogen) atoms. The number of aldehydes is 1. The highest BCUT2D eigenvalue weighted by Gasteiger charge is 1.97. The number of pyridine rings is 1. The van der Waals surface area contributed by atoms with Crippen LogP contribution in [0.1, 0.15) is 12.0 Å². The van der Waals surface area contributed by atoms with Gasteiger partial charge in [-0.1, -0.05) is 12.2 Å². The Morgan fingerprint density at radius 3 is 2.46 bits per heavy atom. The third-order valence-corrected chi connectivity index (χ3v) is 1.33. The van der Waals surface area contributed by atoms with E-state index in [0.29, 0.717) is 11.8 Å². The second kappa shape index (κ2) is 4.45. The van der Waals surface area contributed by atoms with Gasteiger partial charge in [-0.05, 0) is 5.56 Å². The Balaban J connectivity index is 2.82. The average Bonchev–Trinajstić information content (AvgIpc) is 2.03. The highest BCUT2D eigenvalue weighted by atomic mass is 19.1. The van der Waals surface area contributed by atoms with Crippen LogP contribution < -0.4 is 0 Å². The molecule has 0 spiro atoms. The standard InChI is InChI=1S/C9H7F2NO/c10-8-5-7(3-1-2-4-13)6-9(11)12-8/h1,3-6H,2H2. The van der Waals surface area contributed by atoms with Gasteiger partial charge in [-0.2, -0.15) is 13.8 Å². The third-order valence-electron chi connectivity index (χ3n) is 1.33. The molecule has 0 fully saturated rings. The van der Waals surface area contributed by atoms with Crippen LogP contribution in [0, 0.1) is 11.9 Å². The van der Waals surface area contributed by atoms with E-state index in [1.165, 1.54) is 12.2 Å². The minimum absolute atomic E-state index is 0.228. The van der Waals surface area contributed by atoms with Gasteiger partial charge in [-0.15, -0.1) is 0 Å². The maximum absolute atomic E-state index is 12.5. The zero-order valence-corrected chi connectivity index (χ0v) is 6.71. The lowest BCUT2D eigenvalue weighted by molar-refractivity contribution is -0.107. The summed E-state index contributed by atoms with van der Waals surface area (Å²) < 4.78 is 25.0. The predicted octanol–water partition coefficient (Wildman–Crippen LogP) is 1.96. The van der Waals surface area contributed by atoms with E-state index in [1.54, 1.807) is 0 Å². The van der Waals surface area contributed by atoms with Gasteiger partial charge < -0.3 is 4.79 Å². The maximum Gasteiger partial charge on any atom is 0.216 e. The van der Waals surface area contributed by atoms with Crippen molar-refractivity contribution in [3.8, 4) is 0 Å². The molecular weight excluding hydrogens is 176 g/mol. The van der Waals surface area contributed by atoms with Crippen LogP contribution in [0.2, 0.25) is 0 Å². The molecule has 2 nitrogen and oxygen atoms in total. The highest BCUT2D eigenvalue weighted by Crippen LogP contribution is 2.06. The smallest absolute Gasteiger partial charge is 0.216 e. The molecular formula is C9H7F2NO. The fraction of sp³-hybridized carbons (Fsp3) is 0.111. The van der Waals surface area contributed by atoms with Crippen molar-refractivity contribution in [1.82, 2.24) is 4.98 Å². The van der Waals surface area contributed by atoms with Crippen molar-refractivity contribution in [3.63, 3.8) is 0 Å². The van der Waals surface area contributed by atoms with Crippen LogP contribution in [0.5, 0.6) is 0 Å². The fourth-order valence-corrected chi connectivity index (χ4v) is 0.839. The number of hydrogen-bond donors (Lipinski definition) is 0.